The fourth-order valence-corrected chi connectivity index (χ4v) is 3.92. The van der Waals surface area contributed by atoms with Crippen molar-refractivity contribution in [3.05, 3.63) is 58.2 Å². The second-order valence-corrected chi connectivity index (χ2v) is 8.02. The van der Waals surface area contributed by atoms with E-state index < -0.39 is 5.82 Å². The molecule has 164 valence electrons. The average molecular weight is 474 g/mol. The van der Waals surface area contributed by atoms with Crippen LogP contribution in [0.25, 0.3) is 33.3 Å². The van der Waals surface area contributed by atoms with E-state index in [1.807, 2.05) is 0 Å². The van der Waals surface area contributed by atoms with Gasteiger partial charge in [-0.1, -0.05) is 23.2 Å². The Kier molecular flexibility index (Phi) is 5.66. The van der Waals surface area contributed by atoms with E-state index in [1.54, 1.807) is 32.6 Å². The highest BCUT2D eigenvalue weighted by Gasteiger charge is 2.21. The van der Waals surface area contributed by atoms with Crippen molar-refractivity contribution in [2.75, 3.05) is 26.9 Å². The van der Waals surface area contributed by atoms with Gasteiger partial charge in [0, 0.05) is 66.4 Å². The second kappa shape index (κ2) is 8.29. The predicted molar refractivity (Wildman–Crippen MR) is 124 cm³/mol. The summed E-state index contributed by atoms with van der Waals surface area (Å²) in [5.41, 5.74) is 8.79. The minimum Gasteiger partial charge on any atom is -0.496 e. The highest BCUT2D eigenvalue weighted by molar-refractivity contribution is 6.39. The largest absolute Gasteiger partial charge is 0.496 e. The molecule has 0 bridgehead atoms. The molecule has 0 aliphatic heterocycles. The van der Waals surface area contributed by atoms with Crippen LogP contribution in [0.4, 0.5) is 10.2 Å². The Balaban J connectivity index is 1.93. The molecule has 0 saturated carbocycles. The third kappa shape index (κ3) is 3.61. The summed E-state index contributed by atoms with van der Waals surface area (Å²) in [7, 11) is 4.72. The number of fused-ring (bicyclic) bond motifs is 1. The number of hydrogen-bond donors (Lipinski definition) is 2. The first kappa shape index (κ1) is 21.9. The molecular weight excluding hydrogens is 456 g/mol. The number of aromatic nitrogens is 3. The van der Waals surface area contributed by atoms with Gasteiger partial charge in [-0.25, -0.2) is 14.4 Å². The highest BCUT2D eigenvalue weighted by Crippen LogP contribution is 2.42. The lowest BCUT2D eigenvalue weighted by molar-refractivity contribution is 0.0828. The summed E-state index contributed by atoms with van der Waals surface area (Å²) < 4.78 is 19.6. The van der Waals surface area contributed by atoms with Gasteiger partial charge in [-0.15, -0.1) is 0 Å². The van der Waals surface area contributed by atoms with Gasteiger partial charge in [0.2, 0.25) is 0 Å². The first-order valence-electron chi connectivity index (χ1n) is 9.39. The summed E-state index contributed by atoms with van der Waals surface area (Å²) in [6, 6.07) is 4.30. The summed E-state index contributed by atoms with van der Waals surface area (Å²) in [5.74, 6) is -0.384. The summed E-state index contributed by atoms with van der Waals surface area (Å²) in [5, 5.41) is 0.848. The Bertz CT molecular complexity index is 1370. The van der Waals surface area contributed by atoms with Gasteiger partial charge in [0.15, 0.2) is 0 Å². The van der Waals surface area contributed by atoms with E-state index in [0.29, 0.717) is 44.1 Å². The van der Waals surface area contributed by atoms with Gasteiger partial charge in [0.05, 0.1) is 22.7 Å². The standard InChI is InChI=1S/C22H18Cl2FN5O2/c1-30(2)22(31)12-4-10(7-27-20(12)26)13-8-28-21-18(19(13)24)14(9-29-21)11-5-16(25)15(23)6-17(11)32-3/h4-9H,1-3H3,(H2,26,27)(H,28,29). The number of benzene rings is 1. The van der Waals surface area contributed by atoms with Crippen LogP contribution in [-0.2, 0) is 0 Å². The normalized spacial score (nSPS) is 11.1. The van der Waals surface area contributed by atoms with E-state index >= 15 is 0 Å². The lowest BCUT2D eigenvalue weighted by Gasteiger charge is -2.14. The number of rotatable bonds is 4. The van der Waals surface area contributed by atoms with Crippen LogP contribution in [0.15, 0.2) is 36.8 Å². The lowest BCUT2D eigenvalue weighted by atomic mass is 10.0. The first-order chi connectivity index (χ1) is 15.2. The van der Waals surface area contributed by atoms with Crippen molar-refractivity contribution >= 4 is 46.0 Å². The number of hydrogen-bond acceptors (Lipinski definition) is 5. The molecule has 0 atom stereocenters. The summed E-state index contributed by atoms with van der Waals surface area (Å²) in [4.78, 5) is 25.5. The number of anilines is 1. The van der Waals surface area contributed by atoms with Gasteiger partial charge < -0.3 is 20.4 Å². The summed E-state index contributed by atoms with van der Waals surface area (Å²) >= 11 is 12.7. The average Bonchev–Trinajstić information content (AvgIpc) is 3.20. The molecule has 0 aliphatic carbocycles. The molecule has 3 heterocycles. The van der Waals surface area contributed by atoms with Crippen LogP contribution in [0.1, 0.15) is 10.4 Å². The first-order valence-corrected chi connectivity index (χ1v) is 10.1. The van der Waals surface area contributed by atoms with Gasteiger partial charge in [0.25, 0.3) is 5.91 Å². The van der Waals surface area contributed by atoms with Gasteiger partial charge in [-0.05, 0) is 12.1 Å². The zero-order valence-electron chi connectivity index (χ0n) is 17.3. The molecule has 0 saturated heterocycles. The number of nitrogens with zero attached hydrogens (tertiary/aromatic N) is 3. The van der Waals surface area contributed by atoms with Gasteiger partial charge in [-0.2, -0.15) is 0 Å². The van der Waals surface area contributed by atoms with Crippen molar-refractivity contribution in [3.8, 4) is 28.0 Å². The molecule has 3 aromatic heterocycles. The summed E-state index contributed by atoms with van der Waals surface area (Å²) in [6.45, 7) is 0. The monoisotopic (exact) mass is 473 g/mol. The van der Waals surface area contributed by atoms with Crippen molar-refractivity contribution in [1.29, 1.82) is 0 Å². The molecule has 0 radical (unpaired) electrons. The molecule has 0 aliphatic rings. The van der Waals surface area contributed by atoms with Gasteiger partial charge >= 0.3 is 0 Å². The number of aromatic amines is 1. The number of carbonyl (C=O) groups excluding carboxylic acids is 1. The van der Waals surface area contributed by atoms with Crippen LogP contribution in [-0.4, -0.2) is 47.0 Å². The maximum Gasteiger partial charge on any atom is 0.257 e. The van der Waals surface area contributed by atoms with Crippen molar-refractivity contribution in [3.63, 3.8) is 0 Å². The maximum absolute atomic E-state index is 14.3. The number of carbonyl (C=O) groups is 1. The number of H-pyrrole nitrogens is 1. The zero-order valence-corrected chi connectivity index (χ0v) is 18.8. The van der Waals surface area contributed by atoms with E-state index in [1.165, 1.54) is 30.3 Å². The van der Waals surface area contributed by atoms with Crippen LogP contribution < -0.4 is 10.5 Å². The van der Waals surface area contributed by atoms with Crippen LogP contribution in [0.5, 0.6) is 5.75 Å². The number of amides is 1. The third-order valence-corrected chi connectivity index (χ3v) is 5.72. The van der Waals surface area contributed by atoms with Crippen molar-refractivity contribution in [1.82, 2.24) is 19.9 Å². The van der Waals surface area contributed by atoms with Gasteiger partial charge in [0.1, 0.15) is 23.0 Å². The Labute approximate surface area is 192 Å². The molecule has 1 aromatic carbocycles. The van der Waals surface area contributed by atoms with Crippen LogP contribution in [0, 0.1) is 5.82 Å². The fraction of sp³-hybridized carbons (Fsp3) is 0.136. The molecular formula is C22H18Cl2FN5O2. The minimum absolute atomic E-state index is 0.0543. The van der Waals surface area contributed by atoms with Crippen LogP contribution in [0.2, 0.25) is 10.0 Å². The molecule has 10 heteroatoms. The Hall–Kier alpha value is -3.36. The number of halogens is 3. The molecule has 4 aromatic rings. The Morgan fingerprint density at radius 1 is 1.12 bits per heavy atom. The predicted octanol–water partition coefficient (Wildman–Crippen LogP) is 5.03. The topological polar surface area (TPSA) is 97.1 Å². The quantitative estimate of drug-likeness (QED) is 0.433. The molecule has 4 rings (SSSR count). The minimum atomic E-state index is -0.591. The van der Waals surface area contributed by atoms with Crippen LogP contribution in [0.3, 0.4) is 0 Å². The Morgan fingerprint density at radius 2 is 1.88 bits per heavy atom. The van der Waals surface area contributed by atoms with E-state index in [9.17, 15) is 9.18 Å². The van der Waals surface area contributed by atoms with Crippen molar-refractivity contribution in [2.45, 2.75) is 0 Å². The van der Waals surface area contributed by atoms with Crippen molar-refractivity contribution in [2.24, 2.45) is 0 Å². The number of nitrogens with one attached hydrogen (secondary N) is 1. The number of nitrogens with two attached hydrogens (primary N) is 1. The van der Waals surface area contributed by atoms with E-state index in [2.05, 4.69) is 15.0 Å². The molecule has 0 spiro atoms. The summed E-state index contributed by atoms with van der Waals surface area (Å²) in [6.07, 6.45) is 4.76. The Morgan fingerprint density at radius 3 is 2.56 bits per heavy atom. The van der Waals surface area contributed by atoms with E-state index in [-0.39, 0.29) is 22.3 Å². The SMILES string of the molecule is COc1cc(Cl)c(F)cc1-c1c[nH]c2ncc(-c3cnc(N)c(C(=O)N(C)C)c3)c(Cl)c12. The van der Waals surface area contributed by atoms with Gasteiger partial charge in [-0.3, -0.25) is 4.79 Å². The molecule has 1 amide bonds. The number of ether oxygens (including phenoxy) is 1. The molecule has 0 unspecified atom stereocenters. The number of methoxy groups -OCH3 is 1. The molecule has 32 heavy (non-hydrogen) atoms. The molecule has 7 nitrogen and oxygen atoms in total. The van der Waals surface area contributed by atoms with Crippen LogP contribution >= 0.6 is 23.2 Å². The third-order valence-electron chi connectivity index (χ3n) is 5.04. The second-order valence-electron chi connectivity index (χ2n) is 7.23. The highest BCUT2D eigenvalue weighted by atomic mass is 35.5. The van der Waals surface area contributed by atoms with E-state index in [0.717, 1.165) is 0 Å². The number of nitrogen functional groups attached to an aromatic ring is 1. The number of pyridine rings is 2. The zero-order chi connectivity index (χ0) is 23.2. The van der Waals surface area contributed by atoms with Crippen molar-refractivity contribution < 1.29 is 13.9 Å². The fourth-order valence-electron chi connectivity index (χ4n) is 3.41. The maximum atomic E-state index is 14.3. The molecule has 3 N–H and O–H groups in total. The van der Waals surface area contributed by atoms with E-state index in [4.69, 9.17) is 33.7 Å². The smallest absolute Gasteiger partial charge is 0.257 e. The molecule has 0 fully saturated rings. The lowest BCUT2D eigenvalue weighted by Crippen LogP contribution is -2.23.